The van der Waals surface area contributed by atoms with Crippen LogP contribution in [-0.2, 0) is 9.53 Å². The Morgan fingerprint density at radius 3 is 2.08 bits per heavy atom. The molecule has 0 aromatic rings. The summed E-state index contributed by atoms with van der Waals surface area (Å²) in [6, 6.07) is 0. The number of carbonyl (C=O) groups excluding carboxylic acids is 1. The number of alkyl halides is 3. The fourth-order valence-electron chi connectivity index (χ4n) is 0.695. The normalized spacial score (nSPS) is 24.8. The third-order valence-electron chi connectivity index (χ3n) is 1.19. The van der Waals surface area contributed by atoms with Gasteiger partial charge in [-0.2, -0.15) is 0 Å². The molecule has 1 atom stereocenters. The first-order valence-electron chi connectivity index (χ1n) is 2.70. The molecule has 1 N–H and O–H groups in total. The van der Waals surface area contributed by atoms with Gasteiger partial charge in [0.15, 0.2) is 0 Å². The molecule has 0 aromatic heterocycles. The van der Waals surface area contributed by atoms with Crippen molar-refractivity contribution in [2.75, 3.05) is 0 Å². The van der Waals surface area contributed by atoms with Gasteiger partial charge in [0.25, 0.3) is 0 Å². The van der Waals surface area contributed by atoms with Crippen molar-refractivity contribution >= 4 is 52.4 Å². The van der Waals surface area contributed by atoms with E-state index in [1.54, 1.807) is 0 Å². The number of halogens is 4. The van der Waals surface area contributed by atoms with Crippen LogP contribution in [0, 0.1) is 0 Å². The predicted octanol–water partition coefficient (Wildman–Crippen LogP) is 1.72. The summed E-state index contributed by atoms with van der Waals surface area (Å²) >= 11 is 21.6. The van der Waals surface area contributed by atoms with Gasteiger partial charge in [0, 0.05) is 0 Å². The second kappa shape index (κ2) is 3.24. The highest BCUT2D eigenvalue weighted by Gasteiger charge is 2.43. The summed E-state index contributed by atoms with van der Waals surface area (Å²) in [5.41, 5.74) is -0.251. The predicted molar refractivity (Wildman–Crippen MR) is 45.3 cm³/mol. The lowest BCUT2D eigenvalue weighted by molar-refractivity contribution is -0.151. The number of hydrogen-bond acceptors (Lipinski definition) is 3. The number of hydrogen-bond donors (Lipinski definition) is 1. The Kier molecular flexibility index (Phi) is 2.81. The Balaban J connectivity index is 3.09. The molecular formula is C5H2Cl4O3. The quantitative estimate of drug-likeness (QED) is 0.527. The molecule has 1 aliphatic heterocycles. The molecule has 1 unspecified atom stereocenters. The minimum atomic E-state index is -1.93. The average molecular weight is 252 g/mol. The molecule has 68 valence electrons. The smallest absolute Gasteiger partial charge is 0.352 e. The maximum atomic E-state index is 10.7. The molecule has 7 heteroatoms. The molecule has 1 heterocycles. The van der Waals surface area contributed by atoms with Gasteiger partial charge >= 0.3 is 5.97 Å². The van der Waals surface area contributed by atoms with Crippen molar-refractivity contribution in [1.82, 2.24) is 0 Å². The van der Waals surface area contributed by atoms with E-state index in [-0.39, 0.29) is 10.6 Å². The van der Waals surface area contributed by atoms with E-state index >= 15 is 0 Å². The van der Waals surface area contributed by atoms with Crippen LogP contribution < -0.4 is 0 Å². The van der Waals surface area contributed by atoms with Crippen molar-refractivity contribution in [3.63, 3.8) is 0 Å². The molecular weight excluding hydrogens is 250 g/mol. The molecule has 0 saturated carbocycles. The standard InChI is InChI=1S/C5H2Cl4O3/c6-2-1(5(7,8)9)3(10)12-4(2)11/h3,10H. The minimum Gasteiger partial charge on any atom is -0.427 e. The van der Waals surface area contributed by atoms with Crippen molar-refractivity contribution in [3.8, 4) is 0 Å². The van der Waals surface area contributed by atoms with E-state index in [0.29, 0.717) is 0 Å². The van der Waals surface area contributed by atoms with Crippen LogP contribution in [0.2, 0.25) is 0 Å². The molecule has 0 saturated heterocycles. The van der Waals surface area contributed by atoms with Crippen LogP contribution in [-0.4, -0.2) is 21.2 Å². The molecule has 0 amide bonds. The molecule has 0 spiro atoms. The molecule has 12 heavy (non-hydrogen) atoms. The molecule has 3 nitrogen and oxygen atoms in total. The van der Waals surface area contributed by atoms with Crippen LogP contribution in [0.25, 0.3) is 0 Å². The third kappa shape index (κ3) is 1.80. The van der Waals surface area contributed by atoms with Gasteiger partial charge in [0.1, 0.15) is 5.03 Å². The lowest BCUT2D eigenvalue weighted by Gasteiger charge is -2.14. The number of cyclic esters (lactones) is 1. The molecule has 0 aliphatic carbocycles. The van der Waals surface area contributed by atoms with Crippen LogP contribution in [0.15, 0.2) is 10.6 Å². The third-order valence-corrected chi connectivity index (χ3v) is 2.16. The topological polar surface area (TPSA) is 46.5 Å². The summed E-state index contributed by atoms with van der Waals surface area (Å²) in [5, 5.41) is 8.64. The fourth-order valence-corrected chi connectivity index (χ4v) is 1.68. The van der Waals surface area contributed by atoms with Gasteiger partial charge in [-0.3, -0.25) is 0 Å². The van der Waals surface area contributed by atoms with Gasteiger partial charge in [0.05, 0.1) is 5.57 Å². The van der Waals surface area contributed by atoms with E-state index in [1.807, 2.05) is 0 Å². The first kappa shape index (κ1) is 10.4. The van der Waals surface area contributed by atoms with Gasteiger partial charge in [-0.05, 0) is 0 Å². The van der Waals surface area contributed by atoms with Crippen LogP contribution in [0.3, 0.4) is 0 Å². The average Bonchev–Trinajstić information content (AvgIpc) is 2.05. The largest absolute Gasteiger partial charge is 0.427 e. The highest BCUT2D eigenvalue weighted by atomic mass is 35.6. The Hall–Kier alpha value is 0.330. The highest BCUT2D eigenvalue weighted by molar-refractivity contribution is 6.70. The number of rotatable bonds is 0. The number of carbonyl (C=O) groups is 1. The number of ether oxygens (including phenoxy) is 1. The van der Waals surface area contributed by atoms with E-state index in [9.17, 15) is 4.79 Å². The molecule has 1 rings (SSSR count). The summed E-state index contributed by atoms with van der Waals surface area (Å²) in [4.78, 5) is 10.7. The Morgan fingerprint density at radius 1 is 1.42 bits per heavy atom. The first-order chi connectivity index (χ1) is 5.34. The van der Waals surface area contributed by atoms with Crippen molar-refractivity contribution in [1.29, 1.82) is 0 Å². The van der Waals surface area contributed by atoms with E-state index in [0.717, 1.165) is 0 Å². The first-order valence-corrected chi connectivity index (χ1v) is 4.21. The number of aliphatic hydroxyl groups excluding tert-OH is 1. The second-order valence-corrected chi connectivity index (χ2v) is 4.64. The van der Waals surface area contributed by atoms with Gasteiger partial charge in [0.2, 0.25) is 10.1 Å². The second-order valence-electron chi connectivity index (χ2n) is 1.98. The van der Waals surface area contributed by atoms with E-state index in [4.69, 9.17) is 51.5 Å². The van der Waals surface area contributed by atoms with Crippen LogP contribution >= 0.6 is 46.4 Å². The van der Waals surface area contributed by atoms with E-state index in [1.165, 1.54) is 0 Å². The van der Waals surface area contributed by atoms with Gasteiger partial charge in [-0.1, -0.05) is 46.4 Å². The molecule has 0 bridgehead atoms. The summed E-state index contributed by atoms with van der Waals surface area (Å²) in [5.74, 6) is -0.898. The minimum absolute atomic E-state index is 0.251. The van der Waals surface area contributed by atoms with E-state index in [2.05, 4.69) is 4.74 Å². The van der Waals surface area contributed by atoms with Crippen molar-refractivity contribution in [2.45, 2.75) is 10.1 Å². The monoisotopic (exact) mass is 250 g/mol. The maximum absolute atomic E-state index is 10.7. The zero-order chi connectivity index (χ0) is 9.52. The van der Waals surface area contributed by atoms with Gasteiger partial charge < -0.3 is 9.84 Å². The van der Waals surface area contributed by atoms with Crippen LogP contribution in [0.5, 0.6) is 0 Å². The summed E-state index contributed by atoms with van der Waals surface area (Å²) < 4.78 is 2.34. The molecule has 0 aromatic carbocycles. The molecule has 1 aliphatic rings. The van der Waals surface area contributed by atoms with E-state index < -0.39 is 16.1 Å². The Labute approximate surface area is 87.8 Å². The lowest BCUT2D eigenvalue weighted by Crippen LogP contribution is -2.19. The van der Waals surface area contributed by atoms with Crippen molar-refractivity contribution in [2.24, 2.45) is 0 Å². The van der Waals surface area contributed by atoms with Crippen molar-refractivity contribution in [3.05, 3.63) is 10.6 Å². The molecule has 0 radical (unpaired) electrons. The Morgan fingerprint density at radius 2 is 1.92 bits per heavy atom. The van der Waals surface area contributed by atoms with Crippen LogP contribution in [0.1, 0.15) is 0 Å². The fraction of sp³-hybridized carbons (Fsp3) is 0.400. The summed E-state index contributed by atoms with van der Waals surface area (Å²) in [6.07, 6.45) is -1.57. The Bertz CT molecular complexity index is 254. The number of aliphatic hydroxyl groups is 1. The van der Waals surface area contributed by atoms with Gasteiger partial charge in [-0.25, -0.2) is 4.79 Å². The maximum Gasteiger partial charge on any atom is 0.352 e. The highest BCUT2D eigenvalue weighted by Crippen LogP contribution is 2.42. The summed E-state index contributed by atoms with van der Waals surface area (Å²) in [6.45, 7) is 0. The SMILES string of the molecule is O=C1OC(O)C(C(Cl)(Cl)Cl)=C1Cl. The summed E-state index contributed by atoms with van der Waals surface area (Å²) in [7, 11) is 0. The van der Waals surface area contributed by atoms with Gasteiger partial charge in [-0.15, -0.1) is 0 Å². The number of esters is 1. The van der Waals surface area contributed by atoms with Crippen molar-refractivity contribution < 1.29 is 14.6 Å². The zero-order valence-electron chi connectivity index (χ0n) is 5.35. The van der Waals surface area contributed by atoms with Crippen LogP contribution in [0.4, 0.5) is 0 Å². The zero-order valence-corrected chi connectivity index (χ0v) is 8.38. The lowest BCUT2D eigenvalue weighted by atomic mass is 10.3. The molecule has 0 fully saturated rings.